The lowest BCUT2D eigenvalue weighted by Crippen LogP contribution is -1.98. The molecule has 0 fully saturated rings. The monoisotopic (exact) mass is 738 g/mol. The van der Waals surface area contributed by atoms with E-state index < -0.39 is 0 Å². The highest BCUT2D eigenvalue weighted by atomic mass is 15.0. The number of para-hydroxylation sites is 6. The maximum absolute atomic E-state index is 2.46. The van der Waals surface area contributed by atoms with Crippen molar-refractivity contribution in [2.75, 3.05) is 0 Å². The van der Waals surface area contributed by atoms with E-state index in [4.69, 9.17) is 0 Å². The van der Waals surface area contributed by atoms with Gasteiger partial charge < -0.3 is 18.3 Å². The fourth-order valence-corrected chi connectivity index (χ4v) is 9.91. The molecule has 0 spiro atoms. The fraction of sp³-hybridized carbons (Fsp3) is 0. The third-order valence-corrected chi connectivity index (χ3v) is 12.3. The third-order valence-electron chi connectivity index (χ3n) is 12.3. The van der Waals surface area contributed by atoms with Crippen LogP contribution in [0.3, 0.4) is 0 Å². The number of nitrogens with zero attached hydrogens (tertiary/aromatic N) is 4. The number of fused-ring (bicyclic) bond motifs is 12. The molecule has 13 rings (SSSR count). The molecule has 13 aromatic rings. The second kappa shape index (κ2) is 11.8. The summed E-state index contributed by atoms with van der Waals surface area (Å²) in [6, 6.07) is 75.6. The Morgan fingerprint density at radius 3 is 0.879 bits per heavy atom. The van der Waals surface area contributed by atoms with Gasteiger partial charge in [-0.2, -0.15) is 0 Å². The van der Waals surface area contributed by atoms with Crippen LogP contribution in [0.4, 0.5) is 0 Å². The van der Waals surface area contributed by atoms with E-state index in [1.54, 1.807) is 0 Å². The number of rotatable bonds is 4. The topological polar surface area (TPSA) is 19.7 Å². The molecule has 0 unspecified atom stereocenters. The van der Waals surface area contributed by atoms with Crippen LogP contribution in [0.15, 0.2) is 206 Å². The van der Waals surface area contributed by atoms with Crippen LogP contribution >= 0.6 is 0 Å². The van der Waals surface area contributed by atoms with Crippen LogP contribution in [0, 0.1) is 0 Å². The first kappa shape index (κ1) is 31.4. The van der Waals surface area contributed by atoms with Gasteiger partial charge in [-0.1, -0.05) is 115 Å². The lowest BCUT2D eigenvalue weighted by molar-refractivity contribution is 1.15. The van der Waals surface area contributed by atoms with Crippen molar-refractivity contribution >= 4 is 87.2 Å². The summed E-state index contributed by atoms with van der Waals surface area (Å²) in [6.45, 7) is 0. The quantitative estimate of drug-likeness (QED) is 0.171. The summed E-state index contributed by atoms with van der Waals surface area (Å²) >= 11 is 0. The molecule has 4 aromatic heterocycles. The number of aromatic nitrogens is 4. The van der Waals surface area contributed by atoms with E-state index >= 15 is 0 Å². The van der Waals surface area contributed by atoms with Gasteiger partial charge >= 0.3 is 0 Å². The fourth-order valence-electron chi connectivity index (χ4n) is 9.91. The van der Waals surface area contributed by atoms with Crippen molar-refractivity contribution in [1.29, 1.82) is 0 Å². The molecule has 4 nitrogen and oxygen atoms in total. The van der Waals surface area contributed by atoms with E-state index in [2.05, 4.69) is 225 Å². The van der Waals surface area contributed by atoms with Crippen LogP contribution in [-0.2, 0) is 0 Å². The van der Waals surface area contributed by atoms with Gasteiger partial charge in [-0.15, -0.1) is 0 Å². The average Bonchev–Trinajstić information content (AvgIpc) is 4.01. The highest BCUT2D eigenvalue weighted by Gasteiger charge is 2.20. The Morgan fingerprint density at radius 1 is 0.172 bits per heavy atom. The van der Waals surface area contributed by atoms with Gasteiger partial charge in [0.15, 0.2) is 0 Å². The maximum atomic E-state index is 2.46. The molecule has 0 atom stereocenters. The van der Waals surface area contributed by atoms with E-state index in [0.717, 1.165) is 22.7 Å². The zero-order chi connectivity index (χ0) is 37.9. The molecule has 0 bridgehead atoms. The van der Waals surface area contributed by atoms with Gasteiger partial charge in [0, 0.05) is 65.8 Å². The molecule has 0 amide bonds. The summed E-state index contributed by atoms with van der Waals surface area (Å²) < 4.78 is 9.72. The zero-order valence-corrected chi connectivity index (χ0v) is 31.4. The highest BCUT2D eigenvalue weighted by molar-refractivity contribution is 6.15. The van der Waals surface area contributed by atoms with Gasteiger partial charge in [-0.05, 0) is 91.0 Å². The van der Waals surface area contributed by atoms with Crippen LogP contribution in [-0.4, -0.2) is 18.3 Å². The molecule has 270 valence electrons. The largest absolute Gasteiger partial charge is 0.309 e. The van der Waals surface area contributed by atoms with Gasteiger partial charge in [0.25, 0.3) is 0 Å². The van der Waals surface area contributed by atoms with Crippen LogP contribution < -0.4 is 0 Å². The van der Waals surface area contributed by atoms with Gasteiger partial charge in [0.05, 0.1) is 44.1 Å². The average molecular weight is 739 g/mol. The second-order valence-corrected chi connectivity index (χ2v) is 15.4. The van der Waals surface area contributed by atoms with Gasteiger partial charge in [0.2, 0.25) is 0 Å². The summed E-state index contributed by atoms with van der Waals surface area (Å²) in [6.07, 6.45) is 0. The molecule has 0 saturated carbocycles. The molecule has 4 heterocycles. The SMILES string of the molecule is c1ccc(-n2c3ccccc3c3ccc(-n4c5ccc(-n6c7ccccc7c7ccccc76)cc5c5cc(-n6c7ccccc7c7ccccc76)ccc54)cc32)cc1. The molecular weight excluding hydrogens is 705 g/mol. The third kappa shape index (κ3) is 4.29. The van der Waals surface area contributed by atoms with Crippen molar-refractivity contribution in [2.45, 2.75) is 0 Å². The molecule has 0 aliphatic carbocycles. The first-order valence-corrected chi connectivity index (χ1v) is 19.9. The predicted molar refractivity (Wildman–Crippen MR) is 244 cm³/mol. The van der Waals surface area contributed by atoms with E-state index in [-0.39, 0.29) is 0 Å². The van der Waals surface area contributed by atoms with E-state index in [9.17, 15) is 0 Å². The van der Waals surface area contributed by atoms with Crippen molar-refractivity contribution in [3.8, 4) is 22.7 Å². The number of hydrogen-bond donors (Lipinski definition) is 0. The van der Waals surface area contributed by atoms with Crippen molar-refractivity contribution in [1.82, 2.24) is 18.3 Å². The molecule has 0 N–H and O–H groups in total. The predicted octanol–water partition coefficient (Wildman–Crippen LogP) is 14.1. The van der Waals surface area contributed by atoms with Crippen LogP contribution in [0.1, 0.15) is 0 Å². The Hall–Kier alpha value is -7.82. The molecule has 58 heavy (non-hydrogen) atoms. The normalized spacial score (nSPS) is 12.1. The van der Waals surface area contributed by atoms with Crippen LogP contribution in [0.2, 0.25) is 0 Å². The minimum atomic E-state index is 1.13. The minimum absolute atomic E-state index is 1.13. The van der Waals surface area contributed by atoms with Gasteiger partial charge in [-0.25, -0.2) is 0 Å². The van der Waals surface area contributed by atoms with Gasteiger partial charge in [-0.3, -0.25) is 0 Å². The second-order valence-electron chi connectivity index (χ2n) is 15.4. The standard InChI is InChI=1S/C54H34N4/c1-2-14-35(15-3-1)55-47-21-9-8-20-43(47)44-29-26-38(34-54(44)55)58-52-30-27-36(56-48-22-10-4-16-39(48)40-17-5-11-23-49(40)56)32-45(52)46-33-37(28-31-53(46)58)57-50-24-12-6-18-41(50)42-19-7-13-25-51(42)57/h1-34H. The van der Waals surface area contributed by atoms with E-state index in [0.29, 0.717) is 0 Å². The Balaban J connectivity index is 1.12. The highest BCUT2D eigenvalue weighted by Crippen LogP contribution is 2.41. The summed E-state index contributed by atoms with van der Waals surface area (Å²) in [5.74, 6) is 0. The molecule has 0 saturated heterocycles. The van der Waals surface area contributed by atoms with Crippen molar-refractivity contribution in [3.05, 3.63) is 206 Å². The van der Waals surface area contributed by atoms with Crippen molar-refractivity contribution in [2.24, 2.45) is 0 Å². The van der Waals surface area contributed by atoms with E-state index in [1.807, 2.05) is 0 Å². The summed E-state index contributed by atoms with van der Waals surface area (Å²) in [5.41, 5.74) is 14.1. The number of hydrogen-bond acceptors (Lipinski definition) is 0. The summed E-state index contributed by atoms with van der Waals surface area (Å²) in [7, 11) is 0. The lowest BCUT2D eigenvalue weighted by atomic mass is 10.1. The molecule has 9 aromatic carbocycles. The molecule has 0 aliphatic rings. The smallest absolute Gasteiger partial charge is 0.0561 e. The van der Waals surface area contributed by atoms with E-state index in [1.165, 1.54) is 87.2 Å². The maximum Gasteiger partial charge on any atom is 0.0561 e. The molecular formula is C54H34N4. The Morgan fingerprint density at radius 2 is 0.466 bits per heavy atom. The molecule has 0 radical (unpaired) electrons. The van der Waals surface area contributed by atoms with Crippen LogP contribution in [0.5, 0.6) is 0 Å². The summed E-state index contributed by atoms with van der Waals surface area (Å²) in [5, 5.41) is 9.95. The number of benzene rings is 9. The minimum Gasteiger partial charge on any atom is -0.309 e. The van der Waals surface area contributed by atoms with Gasteiger partial charge in [0.1, 0.15) is 0 Å². The zero-order valence-electron chi connectivity index (χ0n) is 31.4. The first-order chi connectivity index (χ1) is 28.8. The lowest BCUT2D eigenvalue weighted by Gasteiger charge is -2.12. The van der Waals surface area contributed by atoms with Crippen molar-refractivity contribution < 1.29 is 0 Å². The molecule has 4 heteroatoms. The Labute approximate surface area is 333 Å². The Bertz CT molecular complexity index is 3520. The first-order valence-electron chi connectivity index (χ1n) is 19.9. The Kier molecular flexibility index (Phi) is 6.41. The van der Waals surface area contributed by atoms with Crippen LogP contribution in [0.25, 0.3) is 110 Å². The van der Waals surface area contributed by atoms with Crippen molar-refractivity contribution in [3.63, 3.8) is 0 Å². The molecule has 0 aliphatic heterocycles. The summed E-state index contributed by atoms with van der Waals surface area (Å²) in [4.78, 5) is 0.